The van der Waals surface area contributed by atoms with E-state index in [4.69, 9.17) is 10.5 Å². The maximum Gasteiger partial charge on any atom is 0.418 e. The molecule has 0 saturated heterocycles. The van der Waals surface area contributed by atoms with Crippen LogP contribution in [0.25, 0.3) is 0 Å². The van der Waals surface area contributed by atoms with Gasteiger partial charge in [-0.2, -0.15) is 13.2 Å². The molecule has 0 aliphatic heterocycles. The Bertz CT molecular complexity index is 643. The van der Waals surface area contributed by atoms with Gasteiger partial charge in [0.15, 0.2) is 0 Å². The van der Waals surface area contributed by atoms with Crippen LogP contribution in [0.2, 0.25) is 0 Å². The molecule has 0 aliphatic carbocycles. The van der Waals surface area contributed by atoms with Gasteiger partial charge in [-0.15, -0.1) is 0 Å². The zero-order valence-corrected chi connectivity index (χ0v) is 11.4. The summed E-state index contributed by atoms with van der Waals surface area (Å²) in [6.07, 6.45) is -4.56. The van der Waals surface area contributed by atoms with Crippen molar-refractivity contribution < 1.29 is 22.3 Å². The predicted octanol–water partition coefficient (Wildman–Crippen LogP) is 4.98. The highest BCUT2D eigenvalue weighted by Gasteiger charge is 2.33. The highest BCUT2D eigenvalue weighted by atomic mass is 79.9. The summed E-state index contributed by atoms with van der Waals surface area (Å²) in [7, 11) is 0. The average Bonchev–Trinajstić information content (AvgIpc) is 2.35. The quantitative estimate of drug-likeness (QED) is 0.612. The van der Waals surface area contributed by atoms with Gasteiger partial charge >= 0.3 is 6.18 Å². The molecule has 0 saturated carbocycles. The molecule has 7 heteroatoms. The maximum absolute atomic E-state index is 13.0. The molecule has 0 atom stereocenters. The zero-order chi connectivity index (χ0) is 14.9. The Morgan fingerprint density at radius 2 is 1.60 bits per heavy atom. The molecule has 0 amide bonds. The number of rotatable bonds is 2. The minimum atomic E-state index is -4.56. The van der Waals surface area contributed by atoms with Crippen LogP contribution >= 0.6 is 15.9 Å². The van der Waals surface area contributed by atoms with E-state index >= 15 is 0 Å². The number of benzene rings is 2. The SMILES string of the molecule is Nc1ccc(Oc2ccc(F)c(Br)c2)cc1C(F)(F)F. The first-order chi connectivity index (χ1) is 9.27. The fraction of sp³-hybridized carbons (Fsp3) is 0.0769. The van der Waals surface area contributed by atoms with Gasteiger partial charge in [-0.05, 0) is 52.3 Å². The van der Waals surface area contributed by atoms with Gasteiger partial charge in [-0.25, -0.2) is 4.39 Å². The molecule has 0 heterocycles. The van der Waals surface area contributed by atoms with Crippen molar-refractivity contribution in [3.63, 3.8) is 0 Å². The largest absolute Gasteiger partial charge is 0.457 e. The molecule has 2 aromatic rings. The molecule has 2 N–H and O–H groups in total. The van der Waals surface area contributed by atoms with E-state index in [-0.39, 0.29) is 21.7 Å². The van der Waals surface area contributed by atoms with Gasteiger partial charge in [0, 0.05) is 5.69 Å². The molecule has 2 nitrogen and oxygen atoms in total. The number of nitrogen functional groups attached to an aromatic ring is 1. The number of hydrogen-bond donors (Lipinski definition) is 1. The summed E-state index contributed by atoms with van der Waals surface area (Å²) in [4.78, 5) is 0. The number of hydrogen-bond acceptors (Lipinski definition) is 2. The molecule has 106 valence electrons. The molecular weight excluding hydrogens is 342 g/mol. The summed E-state index contributed by atoms with van der Waals surface area (Å²) in [6.45, 7) is 0. The number of ether oxygens (including phenoxy) is 1. The van der Waals surface area contributed by atoms with Crippen LogP contribution in [0.15, 0.2) is 40.9 Å². The molecule has 0 aromatic heterocycles. The Hall–Kier alpha value is -1.76. The van der Waals surface area contributed by atoms with Crippen LogP contribution in [0.3, 0.4) is 0 Å². The topological polar surface area (TPSA) is 35.2 Å². The van der Waals surface area contributed by atoms with Gasteiger partial charge in [0.2, 0.25) is 0 Å². The molecule has 20 heavy (non-hydrogen) atoms. The predicted molar refractivity (Wildman–Crippen MR) is 70.0 cm³/mol. The summed E-state index contributed by atoms with van der Waals surface area (Å²) in [6, 6.07) is 6.98. The Kier molecular flexibility index (Phi) is 3.89. The lowest BCUT2D eigenvalue weighted by atomic mass is 10.1. The van der Waals surface area contributed by atoms with Crippen LogP contribution in [-0.4, -0.2) is 0 Å². The summed E-state index contributed by atoms with van der Waals surface area (Å²) >= 11 is 2.96. The van der Waals surface area contributed by atoms with E-state index in [2.05, 4.69) is 15.9 Å². The molecule has 0 radical (unpaired) electrons. The van der Waals surface area contributed by atoms with Crippen molar-refractivity contribution in [1.29, 1.82) is 0 Å². The van der Waals surface area contributed by atoms with Crippen molar-refractivity contribution in [3.8, 4) is 11.5 Å². The Morgan fingerprint density at radius 1 is 1.00 bits per heavy atom. The van der Waals surface area contributed by atoms with Crippen molar-refractivity contribution in [2.24, 2.45) is 0 Å². The molecule has 0 spiro atoms. The summed E-state index contributed by atoms with van der Waals surface area (Å²) < 4.78 is 56.5. The van der Waals surface area contributed by atoms with E-state index in [9.17, 15) is 17.6 Å². The zero-order valence-electron chi connectivity index (χ0n) is 9.84. The number of nitrogens with two attached hydrogens (primary N) is 1. The second-order valence-corrected chi connectivity index (χ2v) is 4.78. The Morgan fingerprint density at radius 3 is 2.20 bits per heavy atom. The average molecular weight is 350 g/mol. The fourth-order valence-corrected chi connectivity index (χ4v) is 1.88. The molecule has 0 bridgehead atoms. The van der Waals surface area contributed by atoms with Crippen molar-refractivity contribution in [1.82, 2.24) is 0 Å². The lowest BCUT2D eigenvalue weighted by molar-refractivity contribution is -0.137. The molecular formula is C13H8BrF4NO. The van der Waals surface area contributed by atoms with Gasteiger partial charge in [-0.3, -0.25) is 0 Å². The van der Waals surface area contributed by atoms with Crippen LogP contribution in [0.1, 0.15) is 5.56 Å². The number of alkyl halides is 3. The Labute approximate surface area is 120 Å². The highest BCUT2D eigenvalue weighted by Crippen LogP contribution is 2.37. The van der Waals surface area contributed by atoms with Crippen molar-refractivity contribution >= 4 is 21.6 Å². The number of anilines is 1. The van der Waals surface area contributed by atoms with Crippen LogP contribution < -0.4 is 10.5 Å². The monoisotopic (exact) mass is 349 g/mol. The summed E-state index contributed by atoms with van der Waals surface area (Å²) in [5.74, 6) is -0.327. The van der Waals surface area contributed by atoms with Crippen molar-refractivity contribution in [2.45, 2.75) is 6.18 Å². The molecule has 0 aliphatic rings. The molecule has 2 aromatic carbocycles. The van der Waals surface area contributed by atoms with Gasteiger partial charge < -0.3 is 10.5 Å². The molecule has 0 fully saturated rings. The molecule has 2 rings (SSSR count). The summed E-state index contributed by atoms with van der Waals surface area (Å²) in [5, 5.41) is 0. The van der Waals surface area contributed by atoms with E-state index in [1.165, 1.54) is 18.2 Å². The lowest BCUT2D eigenvalue weighted by Gasteiger charge is -2.12. The fourth-order valence-electron chi connectivity index (χ4n) is 1.52. The van der Waals surface area contributed by atoms with Crippen molar-refractivity contribution in [2.75, 3.05) is 5.73 Å². The highest BCUT2D eigenvalue weighted by molar-refractivity contribution is 9.10. The van der Waals surface area contributed by atoms with Gasteiger partial charge in [0.1, 0.15) is 17.3 Å². The van der Waals surface area contributed by atoms with Crippen LogP contribution in [-0.2, 0) is 6.18 Å². The lowest BCUT2D eigenvalue weighted by Crippen LogP contribution is -2.08. The third-order valence-corrected chi connectivity index (χ3v) is 3.06. The maximum atomic E-state index is 13.0. The first kappa shape index (κ1) is 14.6. The van der Waals surface area contributed by atoms with Crippen LogP contribution in [0.4, 0.5) is 23.2 Å². The van der Waals surface area contributed by atoms with Crippen LogP contribution in [0, 0.1) is 5.82 Å². The van der Waals surface area contributed by atoms with Crippen LogP contribution in [0.5, 0.6) is 11.5 Å². The van der Waals surface area contributed by atoms with Gasteiger partial charge in [0.05, 0.1) is 10.0 Å². The first-order valence-corrected chi connectivity index (χ1v) is 6.16. The third kappa shape index (κ3) is 3.22. The minimum Gasteiger partial charge on any atom is -0.457 e. The Balaban J connectivity index is 2.32. The standard InChI is InChI=1S/C13H8BrF4NO/c14-10-6-8(1-3-11(10)15)20-7-2-4-12(19)9(5-7)13(16,17)18/h1-6H,19H2. The normalized spacial score (nSPS) is 11.4. The van der Waals surface area contributed by atoms with E-state index in [1.807, 2.05) is 0 Å². The second kappa shape index (κ2) is 5.32. The first-order valence-electron chi connectivity index (χ1n) is 5.37. The van der Waals surface area contributed by atoms with Gasteiger partial charge in [-0.1, -0.05) is 0 Å². The van der Waals surface area contributed by atoms with E-state index in [0.717, 1.165) is 18.2 Å². The summed E-state index contributed by atoms with van der Waals surface area (Å²) in [5.41, 5.74) is 3.92. The van der Waals surface area contributed by atoms with Crippen molar-refractivity contribution in [3.05, 3.63) is 52.3 Å². The minimum absolute atomic E-state index is 0.0370. The smallest absolute Gasteiger partial charge is 0.418 e. The third-order valence-electron chi connectivity index (χ3n) is 2.46. The van der Waals surface area contributed by atoms with E-state index < -0.39 is 17.6 Å². The number of halogens is 5. The van der Waals surface area contributed by atoms with E-state index in [1.54, 1.807) is 0 Å². The van der Waals surface area contributed by atoms with Gasteiger partial charge in [0.25, 0.3) is 0 Å². The van der Waals surface area contributed by atoms with E-state index in [0.29, 0.717) is 0 Å². The molecule has 0 unspecified atom stereocenters. The second-order valence-electron chi connectivity index (χ2n) is 3.92.